The van der Waals surface area contributed by atoms with Gasteiger partial charge in [-0.2, -0.15) is 0 Å². The van der Waals surface area contributed by atoms with Crippen molar-refractivity contribution in [2.24, 2.45) is 0 Å². The lowest BCUT2D eigenvalue weighted by Crippen LogP contribution is -2.45. The molecular formula is C11H25N3O. The van der Waals surface area contributed by atoms with Crippen LogP contribution >= 0.6 is 0 Å². The van der Waals surface area contributed by atoms with Gasteiger partial charge >= 0.3 is 0 Å². The van der Waals surface area contributed by atoms with Crippen LogP contribution in [0.1, 0.15) is 13.8 Å². The van der Waals surface area contributed by atoms with Crippen molar-refractivity contribution >= 4 is 0 Å². The Morgan fingerprint density at radius 1 is 1.27 bits per heavy atom. The largest absolute Gasteiger partial charge is 0.377 e. The van der Waals surface area contributed by atoms with Crippen LogP contribution in [-0.4, -0.2) is 63.4 Å². The number of hydrogen-bond donors (Lipinski definition) is 2. The zero-order valence-corrected chi connectivity index (χ0v) is 10.1. The molecule has 0 atom stereocenters. The molecule has 0 amide bonds. The summed E-state index contributed by atoms with van der Waals surface area (Å²) in [6.45, 7) is 12.8. The minimum absolute atomic E-state index is 0.347. The molecule has 90 valence electrons. The number of ether oxygens (including phenoxy) is 1. The Kier molecular flexibility index (Phi) is 6.92. The Balaban J connectivity index is 1.83. The number of rotatable bonds is 7. The lowest BCUT2D eigenvalue weighted by molar-refractivity contribution is 0.0804. The third-order valence-electron chi connectivity index (χ3n) is 2.54. The molecule has 0 radical (unpaired) electrons. The highest BCUT2D eigenvalue weighted by molar-refractivity contribution is 4.67. The molecule has 0 unspecified atom stereocenters. The lowest BCUT2D eigenvalue weighted by Gasteiger charge is -2.27. The molecule has 1 aliphatic heterocycles. The first-order chi connectivity index (χ1) is 7.29. The van der Waals surface area contributed by atoms with Crippen molar-refractivity contribution in [1.29, 1.82) is 0 Å². The van der Waals surface area contributed by atoms with Crippen LogP contribution in [0, 0.1) is 0 Å². The Bertz CT molecular complexity index is 147. The van der Waals surface area contributed by atoms with Gasteiger partial charge in [0.1, 0.15) is 0 Å². The molecule has 0 aromatic carbocycles. The summed E-state index contributed by atoms with van der Waals surface area (Å²) < 4.78 is 5.45. The Morgan fingerprint density at radius 2 is 2.00 bits per heavy atom. The minimum Gasteiger partial charge on any atom is -0.377 e. The Hall–Kier alpha value is -0.160. The van der Waals surface area contributed by atoms with Crippen LogP contribution in [0.4, 0.5) is 0 Å². The van der Waals surface area contributed by atoms with E-state index >= 15 is 0 Å². The Labute approximate surface area is 93.4 Å². The van der Waals surface area contributed by atoms with E-state index in [9.17, 15) is 0 Å². The molecule has 1 rings (SSSR count). The SMILES string of the molecule is CC(C)OCCNCCN1CCNCC1. The number of piperazine rings is 1. The highest BCUT2D eigenvalue weighted by Gasteiger charge is 2.07. The minimum atomic E-state index is 0.347. The second-order valence-corrected chi connectivity index (χ2v) is 4.26. The lowest BCUT2D eigenvalue weighted by atomic mass is 10.3. The van der Waals surface area contributed by atoms with Crippen molar-refractivity contribution in [3.05, 3.63) is 0 Å². The second kappa shape index (κ2) is 8.05. The van der Waals surface area contributed by atoms with Gasteiger partial charge in [-0.25, -0.2) is 0 Å². The number of nitrogens with one attached hydrogen (secondary N) is 2. The molecule has 15 heavy (non-hydrogen) atoms. The summed E-state index contributed by atoms with van der Waals surface area (Å²) in [5.74, 6) is 0. The van der Waals surface area contributed by atoms with Crippen LogP contribution in [0.5, 0.6) is 0 Å². The molecular weight excluding hydrogens is 190 g/mol. The monoisotopic (exact) mass is 215 g/mol. The predicted octanol–water partition coefficient (Wildman–Crippen LogP) is -0.0938. The van der Waals surface area contributed by atoms with E-state index in [1.54, 1.807) is 0 Å². The predicted molar refractivity (Wildman–Crippen MR) is 63.3 cm³/mol. The van der Waals surface area contributed by atoms with Gasteiger partial charge in [-0.1, -0.05) is 0 Å². The highest BCUT2D eigenvalue weighted by atomic mass is 16.5. The van der Waals surface area contributed by atoms with E-state index in [-0.39, 0.29) is 0 Å². The molecule has 0 bridgehead atoms. The Morgan fingerprint density at radius 3 is 2.67 bits per heavy atom. The quantitative estimate of drug-likeness (QED) is 0.582. The summed E-state index contributed by atoms with van der Waals surface area (Å²) in [7, 11) is 0. The van der Waals surface area contributed by atoms with Gasteiger partial charge in [-0.05, 0) is 13.8 Å². The van der Waals surface area contributed by atoms with Gasteiger partial charge in [-0.15, -0.1) is 0 Å². The van der Waals surface area contributed by atoms with Crippen molar-refractivity contribution < 1.29 is 4.74 Å². The summed E-state index contributed by atoms with van der Waals surface area (Å²) in [6, 6.07) is 0. The normalized spacial score (nSPS) is 18.6. The fraction of sp³-hybridized carbons (Fsp3) is 1.00. The van der Waals surface area contributed by atoms with Crippen molar-refractivity contribution in [3.8, 4) is 0 Å². The summed E-state index contributed by atoms with van der Waals surface area (Å²) in [4.78, 5) is 2.49. The molecule has 0 aromatic heterocycles. The fourth-order valence-corrected chi connectivity index (χ4v) is 1.66. The standard InChI is InChI=1S/C11H25N3O/c1-11(2)15-10-6-13-5-9-14-7-3-12-4-8-14/h11-13H,3-10H2,1-2H3. The average Bonchev–Trinajstić information content (AvgIpc) is 2.24. The van der Waals surface area contributed by atoms with Crippen LogP contribution in [0.25, 0.3) is 0 Å². The maximum Gasteiger partial charge on any atom is 0.0594 e. The van der Waals surface area contributed by atoms with Crippen LogP contribution in [0.3, 0.4) is 0 Å². The van der Waals surface area contributed by atoms with E-state index in [2.05, 4.69) is 29.4 Å². The first kappa shape index (κ1) is 12.9. The molecule has 4 nitrogen and oxygen atoms in total. The van der Waals surface area contributed by atoms with Crippen molar-refractivity contribution in [2.75, 3.05) is 52.4 Å². The molecule has 0 saturated carbocycles. The molecule has 1 aliphatic rings. The van der Waals surface area contributed by atoms with Gasteiger partial charge in [0.25, 0.3) is 0 Å². The third-order valence-corrected chi connectivity index (χ3v) is 2.54. The zero-order valence-electron chi connectivity index (χ0n) is 10.1. The summed E-state index contributed by atoms with van der Waals surface area (Å²) in [5, 5.41) is 6.76. The molecule has 1 fully saturated rings. The fourth-order valence-electron chi connectivity index (χ4n) is 1.66. The average molecular weight is 215 g/mol. The summed E-state index contributed by atoms with van der Waals surface area (Å²) in [6.07, 6.45) is 0.347. The smallest absolute Gasteiger partial charge is 0.0594 e. The third kappa shape index (κ3) is 6.84. The van der Waals surface area contributed by atoms with Crippen molar-refractivity contribution in [1.82, 2.24) is 15.5 Å². The number of hydrogen-bond acceptors (Lipinski definition) is 4. The van der Waals surface area contributed by atoms with Crippen LogP contribution in [0.15, 0.2) is 0 Å². The van der Waals surface area contributed by atoms with E-state index < -0.39 is 0 Å². The number of nitrogens with zero attached hydrogens (tertiary/aromatic N) is 1. The maximum absolute atomic E-state index is 5.45. The molecule has 1 saturated heterocycles. The second-order valence-electron chi connectivity index (χ2n) is 4.26. The van der Waals surface area contributed by atoms with Gasteiger partial charge < -0.3 is 15.4 Å². The van der Waals surface area contributed by atoms with Crippen LogP contribution in [-0.2, 0) is 4.74 Å². The maximum atomic E-state index is 5.45. The van der Waals surface area contributed by atoms with E-state index in [1.807, 2.05) is 0 Å². The molecule has 4 heteroatoms. The van der Waals surface area contributed by atoms with Crippen LogP contribution in [0.2, 0.25) is 0 Å². The highest BCUT2D eigenvalue weighted by Crippen LogP contribution is 1.90. The first-order valence-electron chi connectivity index (χ1n) is 6.04. The van der Waals surface area contributed by atoms with Crippen molar-refractivity contribution in [3.63, 3.8) is 0 Å². The molecule has 0 spiro atoms. The molecule has 0 aromatic rings. The van der Waals surface area contributed by atoms with E-state index in [4.69, 9.17) is 4.74 Å². The zero-order chi connectivity index (χ0) is 10.9. The molecule has 1 heterocycles. The molecule has 2 N–H and O–H groups in total. The van der Waals surface area contributed by atoms with Gasteiger partial charge in [0, 0.05) is 45.8 Å². The molecule has 0 aliphatic carbocycles. The van der Waals surface area contributed by atoms with Crippen LogP contribution < -0.4 is 10.6 Å². The van der Waals surface area contributed by atoms with Crippen molar-refractivity contribution in [2.45, 2.75) is 20.0 Å². The van der Waals surface area contributed by atoms with E-state index in [1.165, 1.54) is 13.1 Å². The van der Waals surface area contributed by atoms with E-state index in [0.717, 1.165) is 39.3 Å². The van der Waals surface area contributed by atoms with E-state index in [0.29, 0.717) is 6.10 Å². The topological polar surface area (TPSA) is 36.5 Å². The summed E-state index contributed by atoms with van der Waals surface area (Å²) >= 11 is 0. The van der Waals surface area contributed by atoms with Gasteiger partial charge in [0.2, 0.25) is 0 Å². The first-order valence-corrected chi connectivity index (χ1v) is 6.04. The van der Waals surface area contributed by atoms with Gasteiger partial charge in [0.05, 0.1) is 12.7 Å². The van der Waals surface area contributed by atoms with Gasteiger partial charge in [-0.3, -0.25) is 4.90 Å². The van der Waals surface area contributed by atoms with Gasteiger partial charge in [0.15, 0.2) is 0 Å². The summed E-state index contributed by atoms with van der Waals surface area (Å²) in [5.41, 5.74) is 0.